The Balaban J connectivity index is 1.77. The van der Waals surface area contributed by atoms with Crippen molar-refractivity contribution in [2.75, 3.05) is 25.2 Å². The Bertz CT molecular complexity index is 1820. The standard InChI is InChI=1S/C31H31N3O7S/c1-6-8-15-33-21-12-10-9-11-20(21)25(28(33)36)27-29(37)34-26(19-13-14-22(41-18(4)35)23(16-19)39-5)24(30(38)40-7-2)17(3)32-31(34)42-27/h9-14,16,26H,6-8,15H2,1-5H3/b27-25-/t26-/m0/s1. The molecular weight excluding hydrogens is 558 g/mol. The van der Waals surface area contributed by atoms with Gasteiger partial charge in [-0.15, -0.1) is 0 Å². The number of esters is 2. The first-order valence-electron chi connectivity index (χ1n) is 13.7. The molecule has 2 aliphatic heterocycles. The Labute approximate surface area is 246 Å². The van der Waals surface area contributed by atoms with E-state index in [1.807, 2.05) is 24.3 Å². The van der Waals surface area contributed by atoms with Crippen LogP contribution in [0.5, 0.6) is 11.5 Å². The first-order valence-corrected chi connectivity index (χ1v) is 14.5. The molecule has 3 heterocycles. The van der Waals surface area contributed by atoms with Gasteiger partial charge in [0, 0.05) is 19.0 Å². The van der Waals surface area contributed by atoms with Gasteiger partial charge in [-0.3, -0.25) is 19.0 Å². The van der Waals surface area contributed by atoms with Gasteiger partial charge in [0.25, 0.3) is 11.5 Å². The van der Waals surface area contributed by atoms with Gasteiger partial charge in [-0.2, -0.15) is 0 Å². The van der Waals surface area contributed by atoms with Crippen LogP contribution in [0.1, 0.15) is 57.7 Å². The van der Waals surface area contributed by atoms with E-state index in [0.29, 0.717) is 33.7 Å². The summed E-state index contributed by atoms with van der Waals surface area (Å²) in [6, 6.07) is 11.3. The number of para-hydroxylation sites is 1. The minimum Gasteiger partial charge on any atom is -0.493 e. The lowest BCUT2D eigenvalue weighted by Gasteiger charge is -2.25. The number of rotatable bonds is 8. The van der Waals surface area contributed by atoms with Gasteiger partial charge in [0.1, 0.15) is 4.53 Å². The van der Waals surface area contributed by atoms with Crippen LogP contribution in [0.25, 0.3) is 5.57 Å². The third kappa shape index (κ3) is 4.94. The molecule has 10 nitrogen and oxygen atoms in total. The number of allylic oxidation sites excluding steroid dienone is 1. The Hall–Kier alpha value is -4.51. The van der Waals surface area contributed by atoms with Crippen LogP contribution in [0.2, 0.25) is 0 Å². The number of carbonyl (C=O) groups excluding carboxylic acids is 3. The van der Waals surface area contributed by atoms with Crippen LogP contribution in [0.4, 0.5) is 5.69 Å². The number of ether oxygens (including phenoxy) is 3. The molecule has 3 aromatic rings. The van der Waals surface area contributed by atoms with Gasteiger partial charge >= 0.3 is 11.9 Å². The summed E-state index contributed by atoms with van der Waals surface area (Å²) < 4.78 is 17.8. The van der Waals surface area contributed by atoms with Crippen molar-refractivity contribution in [2.24, 2.45) is 4.99 Å². The van der Waals surface area contributed by atoms with E-state index in [9.17, 15) is 19.2 Å². The minimum atomic E-state index is -0.933. The molecule has 218 valence electrons. The molecule has 2 aliphatic rings. The zero-order chi connectivity index (χ0) is 30.1. The molecule has 2 aromatic carbocycles. The zero-order valence-corrected chi connectivity index (χ0v) is 24.9. The lowest BCUT2D eigenvalue weighted by atomic mass is 9.95. The molecule has 0 aliphatic carbocycles. The molecule has 0 saturated carbocycles. The predicted octanol–water partition coefficient (Wildman–Crippen LogP) is 3.25. The molecule has 0 fully saturated rings. The van der Waals surface area contributed by atoms with Crippen LogP contribution in [-0.4, -0.2) is 42.7 Å². The van der Waals surface area contributed by atoms with Crippen molar-refractivity contribution in [1.29, 1.82) is 0 Å². The molecule has 0 N–H and O–H groups in total. The highest BCUT2D eigenvalue weighted by molar-refractivity contribution is 7.07. The Morgan fingerprint density at radius 3 is 2.52 bits per heavy atom. The molecule has 11 heteroatoms. The van der Waals surface area contributed by atoms with Crippen LogP contribution in [0, 0.1) is 0 Å². The third-order valence-corrected chi connectivity index (χ3v) is 8.19. The van der Waals surface area contributed by atoms with E-state index >= 15 is 0 Å². The molecule has 42 heavy (non-hydrogen) atoms. The van der Waals surface area contributed by atoms with Crippen LogP contribution in [0.15, 0.2) is 63.5 Å². The molecule has 0 bridgehead atoms. The summed E-state index contributed by atoms with van der Waals surface area (Å²) in [5.41, 5.74) is 2.42. The quantitative estimate of drug-likeness (QED) is 0.293. The first kappa shape index (κ1) is 29.0. The predicted molar refractivity (Wildman–Crippen MR) is 157 cm³/mol. The number of thiazole rings is 1. The highest BCUT2D eigenvalue weighted by Crippen LogP contribution is 2.37. The summed E-state index contributed by atoms with van der Waals surface area (Å²) in [5, 5.41) is 0. The SMILES string of the molecule is CCCCN1C(=O)/C(=c2\sc3n(c2=O)[C@@H](c2ccc(OC(C)=O)c(OC)c2)C(C(=O)OCC)=C(C)N=3)c2ccccc21. The van der Waals surface area contributed by atoms with Crippen molar-refractivity contribution >= 4 is 40.4 Å². The van der Waals surface area contributed by atoms with Crippen LogP contribution >= 0.6 is 11.3 Å². The monoisotopic (exact) mass is 589 g/mol. The number of methoxy groups -OCH3 is 1. The second kappa shape index (κ2) is 11.8. The molecule has 0 spiro atoms. The maximum absolute atomic E-state index is 14.3. The molecule has 1 atom stereocenters. The maximum atomic E-state index is 14.3. The normalized spacial score (nSPS) is 17.0. The summed E-state index contributed by atoms with van der Waals surface area (Å²) in [6.07, 6.45) is 1.74. The molecule has 0 radical (unpaired) electrons. The smallest absolute Gasteiger partial charge is 0.338 e. The Morgan fingerprint density at radius 2 is 1.83 bits per heavy atom. The largest absolute Gasteiger partial charge is 0.493 e. The number of benzene rings is 2. The van der Waals surface area contributed by atoms with Gasteiger partial charge in [0.15, 0.2) is 16.3 Å². The van der Waals surface area contributed by atoms with Crippen molar-refractivity contribution in [3.63, 3.8) is 0 Å². The molecule has 5 rings (SSSR count). The first-order chi connectivity index (χ1) is 20.2. The topological polar surface area (TPSA) is 117 Å². The van der Waals surface area contributed by atoms with Gasteiger partial charge in [0.05, 0.1) is 42.3 Å². The van der Waals surface area contributed by atoms with Gasteiger partial charge in [-0.25, -0.2) is 9.79 Å². The summed E-state index contributed by atoms with van der Waals surface area (Å²) in [7, 11) is 1.43. The number of aromatic nitrogens is 1. The lowest BCUT2D eigenvalue weighted by Crippen LogP contribution is -2.41. The van der Waals surface area contributed by atoms with E-state index in [-0.39, 0.29) is 34.1 Å². The highest BCUT2D eigenvalue weighted by atomic mass is 32.1. The third-order valence-electron chi connectivity index (χ3n) is 7.14. The summed E-state index contributed by atoms with van der Waals surface area (Å²) in [6.45, 7) is 7.39. The second-order valence-electron chi connectivity index (χ2n) is 9.83. The second-order valence-corrected chi connectivity index (χ2v) is 10.8. The molecule has 1 aromatic heterocycles. The van der Waals surface area contributed by atoms with E-state index in [0.717, 1.165) is 29.9 Å². The average Bonchev–Trinajstić information content (AvgIpc) is 3.43. The average molecular weight is 590 g/mol. The number of hydrogen-bond acceptors (Lipinski definition) is 9. The van der Waals surface area contributed by atoms with E-state index < -0.39 is 23.5 Å². The summed E-state index contributed by atoms with van der Waals surface area (Å²) in [5.74, 6) is -0.926. The highest BCUT2D eigenvalue weighted by Gasteiger charge is 2.37. The van der Waals surface area contributed by atoms with Crippen molar-refractivity contribution in [1.82, 2.24) is 4.57 Å². The van der Waals surface area contributed by atoms with Gasteiger partial charge in [-0.05, 0) is 44.0 Å². The fourth-order valence-electron chi connectivity index (χ4n) is 5.29. The summed E-state index contributed by atoms with van der Waals surface area (Å²) >= 11 is 1.12. The number of anilines is 1. The molecule has 1 amide bonds. The molecule has 0 saturated heterocycles. The number of carbonyl (C=O) groups is 3. The number of nitrogens with zero attached hydrogens (tertiary/aromatic N) is 3. The Kier molecular flexibility index (Phi) is 8.13. The van der Waals surface area contributed by atoms with E-state index in [2.05, 4.69) is 11.9 Å². The minimum absolute atomic E-state index is 0.129. The maximum Gasteiger partial charge on any atom is 0.338 e. The molecule has 0 unspecified atom stereocenters. The van der Waals surface area contributed by atoms with Gasteiger partial charge in [-0.1, -0.05) is 48.9 Å². The van der Waals surface area contributed by atoms with E-state index in [1.54, 1.807) is 36.9 Å². The van der Waals surface area contributed by atoms with E-state index in [4.69, 9.17) is 14.2 Å². The number of fused-ring (bicyclic) bond motifs is 2. The number of amides is 1. The zero-order valence-electron chi connectivity index (χ0n) is 24.1. The van der Waals surface area contributed by atoms with Crippen LogP contribution < -0.4 is 29.3 Å². The van der Waals surface area contributed by atoms with Crippen molar-refractivity contribution < 1.29 is 28.6 Å². The summed E-state index contributed by atoms with van der Waals surface area (Å²) in [4.78, 5) is 59.7. The lowest BCUT2D eigenvalue weighted by molar-refractivity contribution is -0.139. The number of hydrogen-bond donors (Lipinski definition) is 0. The van der Waals surface area contributed by atoms with Gasteiger partial charge in [0.2, 0.25) is 0 Å². The van der Waals surface area contributed by atoms with Crippen LogP contribution in [-0.2, 0) is 19.1 Å². The number of unbranched alkanes of at least 4 members (excludes halogenated alkanes) is 1. The van der Waals surface area contributed by atoms with Crippen molar-refractivity contribution in [3.05, 3.63) is 84.5 Å². The van der Waals surface area contributed by atoms with Gasteiger partial charge < -0.3 is 19.1 Å². The van der Waals surface area contributed by atoms with Crippen molar-refractivity contribution in [2.45, 2.75) is 46.6 Å². The van der Waals surface area contributed by atoms with E-state index in [1.165, 1.54) is 18.6 Å². The molecular formula is C31H31N3O7S. The van der Waals surface area contributed by atoms with Crippen LogP contribution in [0.3, 0.4) is 0 Å². The van der Waals surface area contributed by atoms with Crippen molar-refractivity contribution in [3.8, 4) is 11.5 Å². The Morgan fingerprint density at radius 1 is 1.07 bits per heavy atom. The fourth-order valence-corrected chi connectivity index (χ4v) is 6.43. The fraction of sp³-hybridized carbons (Fsp3) is 0.323.